The third-order valence-corrected chi connectivity index (χ3v) is 5.70. The van der Waals surface area contributed by atoms with Crippen molar-refractivity contribution in [2.45, 2.75) is 45.9 Å². The summed E-state index contributed by atoms with van der Waals surface area (Å²) in [6, 6.07) is 11.9. The fraction of sp³-hybridized carbons (Fsp3) is 0.348. The summed E-state index contributed by atoms with van der Waals surface area (Å²) in [5.41, 5.74) is 8.99. The molecule has 7 heteroatoms. The second-order valence-corrected chi connectivity index (χ2v) is 8.26. The van der Waals surface area contributed by atoms with Crippen LogP contribution in [-0.2, 0) is 24.4 Å². The van der Waals surface area contributed by atoms with Gasteiger partial charge in [0.05, 0.1) is 19.0 Å². The number of halogens is 1. The van der Waals surface area contributed by atoms with Crippen LogP contribution in [0.1, 0.15) is 47.3 Å². The molecule has 0 saturated heterocycles. The van der Waals surface area contributed by atoms with Crippen LogP contribution in [0.25, 0.3) is 0 Å². The molecule has 0 unspecified atom stereocenters. The standard InChI is InChI=1S/C23H25FN4O2/c1-14(2)20-10-21(29)28(23(25)26-20)11-15-7-18(9-19(24)8-15)22(30)27-12-16-5-3-4-6-17(16)13-27/h3-9,14,20H,10-13H2,1-2H3,(H2,25,26)/t20-/m0/s1. The molecule has 2 aromatic carbocycles. The molecule has 30 heavy (non-hydrogen) atoms. The van der Waals surface area contributed by atoms with Gasteiger partial charge in [0.1, 0.15) is 5.82 Å². The van der Waals surface area contributed by atoms with Gasteiger partial charge in [-0.2, -0.15) is 0 Å². The summed E-state index contributed by atoms with van der Waals surface area (Å²) in [4.78, 5) is 33.0. The molecule has 156 valence electrons. The van der Waals surface area contributed by atoms with Gasteiger partial charge in [-0.25, -0.2) is 9.38 Å². The summed E-state index contributed by atoms with van der Waals surface area (Å²) in [7, 11) is 0. The maximum absolute atomic E-state index is 14.3. The minimum absolute atomic E-state index is 0.0806. The predicted molar refractivity (Wildman–Crippen MR) is 112 cm³/mol. The number of nitrogens with zero attached hydrogens (tertiary/aromatic N) is 3. The molecule has 0 aromatic heterocycles. The lowest BCUT2D eigenvalue weighted by Crippen LogP contribution is -2.47. The van der Waals surface area contributed by atoms with Gasteiger partial charge in [0.15, 0.2) is 5.96 Å². The first-order chi connectivity index (χ1) is 14.3. The first-order valence-corrected chi connectivity index (χ1v) is 10.1. The molecule has 2 aliphatic rings. The van der Waals surface area contributed by atoms with Gasteiger partial charge < -0.3 is 10.6 Å². The van der Waals surface area contributed by atoms with E-state index in [0.717, 1.165) is 11.1 Å². The Balaban J connectivity index is 1.54. The number of benzene rings is 2. The number of amides is 2. The number of guanidine groups is 1. The van der Waals surface area contributed by atoms with E-state index >= 15 is 0 Å². The first-order valence-electron chi connectivity index (χ1n) is 10.1. The van der Waals surface area contributed by atoms with Gasteiger partial charge in [-0.15, -0.1) is 0 Å². The van der Waals surface area contributed by atoms with Crippen molar-refractivity contribution in [3.05, 3.63) is 70.5 Å². The summed E-state index contributed by atoms with van der Waals surface area (Å²) < 4.78 is 14.3. The zero-order valence-electron chi connectivity index (χ0n) is 17.1. The minimum Gasteiger partial charge on any atom is -0.369 e. The Bertz CT molecular complexity index is 1010. The Morgan fingerprint density at radius 3 is 2.47 bits per heavy atom. The van der Waals surface area contributed by atoms with Crippen LogP contribution in [-0.4, -0.2) is 33.6 Å². The molecule has 0 aliphatic carbocycles. The van der Waals surface area contributed by atoms with Crippen LogP contribution in [0.5, 0.6) is 0 Å². The van der Waals surface area contributed by atoms with E-state index in [2.05, 4.69) is 4.99 Å². The van der Waals surface area contributed by atoms with E-state index in [1.165, 1.54) is 17.0 Å². The van der Waals surface area contributed by atoms with Gasteiger partial charge in [-0.1, -0.05) is 38.1 Å². The molecule has 2 amide bonds. The fourth-order valence-electron chi connectivity index (χ4n) is 3.96. The molecule has 2 aliphatic heterocycles. The average Bonchev–Trinajstić information content (AvgIpc) is 3.13. The molecule has 6 nitrogen and oxygen atoms in total. The number of nitrogens with two attached hydrogens (primary N) is 1. The van der Waals surface area contributed by atoms with E-state index < -0.39 is 5.82 Å². The minimum atomic E-state index is -0.521. The predicted octanol–water partition coefficient (Wildman–Crippen LogP) is 3.05. The van der Waals surface area contributed by atoms with Crippen LogP contribution in [0.15, 0.2) is 47.5 Å². The van der Waals surface area contributed by atoms with Crippen molar-refractivity contribution in [3.8, 4) is 0 Å². The second kappa shape index (κ2) is 7.89. The highest BCUT2D eigenvalue weighted by Gasteiger charge is 2.30. The quantitative estimate of drug-likeness (QED) is 0.845. The van der Waals surface area contributed by atoms with E-state index in [-0.39, 0.29) is 48.3 Å². The fourth-order valence-corrected chi connectivity index (χ4v) is 3.96. The maximum Gasteiger partial charge on any atom is 0.254 e. The summed E-state index contributed by atoms with van der Waals surface area (Å²) in [6.45, 7) is 5.07. The molecule has 4 rings (SSSR count). The lowest BCUT2D eigenvalue weighted by Gasteiger charge is -2.30. The van der Waals surface area contributed by atoms with E-state index in [0.29, 0.717) is 18.7 Å². The molecular formula is C23H25FN4O2. The van der Waals surface area contributed by atoms with Gasteiger partial charge in [0, 0.05) is 18.7 Å². The summed E-state index contributed by atoms with van der Waals surface area (Å²) >= 11 is 0. The van der Waals surface area contributed by atoms with Gasteiger partial charge in [0.25, 0.3) is 5.91 Å². The highest BCUT2D eigenvalue weighted by molar-refractivity contribution is 5.98. The molecule has 0 radical (unpaired) electrons. The third-order valence-electron chi connectivity index (χ3n) is 5.70. The number of hydrogen-bond donors (Lipinski definition) is 1. The van der Waals surface area contributed by atoms with Crippen molar-refractivity contribution in [1.82, 2.24) is 9.80 Å². The zero-order chi connectivity index (χ0) is 21.4. The van der Waals surface area contributed by atoms with Crippen molar-refractivity contribution in [2.75, 3.05) is 0 Å². The lowest BCUT2D eigenvalue weighted by atomic mass is 9.99. The Morgan fingerprint density at radius 1 is 1.20 bits per heavy atom. The van der Waals surface area contributed by atoms with Crippen LogP contribution < -0.4 is 5.73 Å². The van der Waals surface area contributed by atoms with Crippen molar-refractivity contribution in [1.29, 1.82) is 0 Å². The number of carbonyl (C=O) groups is 2. The molecule has 0 fully saturated rings. The Hall–Kier alpha value is -3.22. The van der Waals surface area contributed by atoms with Gasteiger partial charge >= 0.3 is 0 Å². The van der Waals surface area contributed by atoms with Crippen molar-refractivity contribution < 1.29 is 14.0 Å². The van der Waals surface area contributed by atoms with Gasteiger partial charge in [0.2, 0.25) is 5.91 Å². The molecule has 2 heterocycles. The van der Waals surface area contributed by atoms with Crippen molar-refractivity contribution in [3.63, 3.8) is 0 Å². The van der Waals surface area contributed by atoms with Gasteiger partial charge in [-0.05, 0) is 40.8 Å². The van der Waals surface area contributed by atoms with Crippen LogP contribution in [0.3, 0.4) is 0 Å². The molecule has 1 atom stereocenters. The Kier molecular flexibility index (Phi) is 5.28. The van der Waals surface area contributed by atoms with E-state index in [1.54, 1.807) is 11.0 Å². The molecule has 2 N–H and O–H groups in total. The summed E-state index contributed by atoms with van der Waals surface area (Å²) in [5.74, 6) is -0.561. The van der Waals surface area contributed by atoms with Crippen molar-refractivity contribution in [2.24, 2.45) is 16.6 Å². The smallest absolute Gasteiger partial charge is 0.254 e. The average molecular weight is 408 g/mol. The highest BCUT2D eigenvalue weighted by Crippen LogP contribution is 2.25. The van der Waals surface area contributed by atoms with E-state index in [1.807, 2.05) is 38.1 Å². The first kappa shape index (κ1) is 20.1. The Labute approximate surface area is 175 Å². The SMILES string of the molecule is CC(C)[C@@H]1CC(=O)N(Cc2cc(F)cc(C(=O)N3Cc4ccccc4C3)c2)C(N)=N1. The largest absolute Gasteiger partial charge is 0.369 e. The zero-order valence-corrected chi connectivity index (χ0v) is 17.1. The number of hydrogen-bond acceptors (Lipinski definition) is 4. The second-order valence-electron chi connectivity index (χ2n) is 8.26. The number of carbonyl (C=O) groups excluding carboxylic acids is 2. The van der Waals surface area contributed by atoms with Gasteiger partial charge in [-0.3, -0.25) is 14.5 Å². The lowest BCUT2D eigenvalue weighted by molar-refractivity contribution is -0.129. The van der Waals surface area contributed by atoms with E-state index in [9.17, 15) is 14.0 Å². The van der Waals surface area contributed by atoms with Crippen LogP contribution in [0.2, 0.25) is 0 Å². The third kappa shape index (κ3) is 3.92. The van der Waals surface area contributed by atoms with Crippen molar-refractivity contribution >= 4 is 17.8 Å². The molecule has 2 aromatic rings. The summed E-state index contributed by atoms with van der Waals surface area (Å²) in [5, 5.41) is 0. The van der Waals surface area contributed by atoms with E-state index in [4.69, 9.17) is 5.73 Å². The summed E-state index contributed by atoms with van der Waals surface area (Å²) in [6.07, 6.45) is 0.269. The molecule has 0 saturated carbocycles. The number of fused-ring (bicyclic) bond motifs is 1. The number of rotatable bonds is 4. The van der Waals surface area contributed by atoms with Crippen LogP contribution in [0.4, 0.5) is 4.39 Å². The maximum atomic E-state index is 14.3. The Morgan fingerprint density at radius 2 is 1.87 bits per heavy atom. The molecular weight excluding hydrogens is 383 g/mol. The molecule has 0 spiro atoms. The topological polar surface area (TPSA) is 79.0 Å². The van der Waals surface area contributed by atoms with Crippen LogP contribution >= 0.6 is 0 Å². The molecule has 0 bridgehead atoms. The number of aliphatic imine (C=N–C) groups is 1. The van der Waals surface area contributed by atoms with Crippen LogP contribution in [0, 0.1) is 11.7 Å². The normalized spacial score (nSPS) is 18.6. The highest BCUT2D eigenvalue weighted by atomic mass is 19.1. The monoisotopic (exact) mass is 408 g/mol.